The first kappa shape index (κ1) is 16.1. The fourth-order valence-corrected chi connectivity index (χ4v) is 2.04. The summed E-state index contributed by atoms with van der Waals surface area (Å²) in [6.45, 7) is 6.36. The summed E-state index contributed by atoms with van der Waals surface area (Å²) in [7, 11) is 0. The normalized spacial score (nSPS) is 10.5. The number of carbonyl (C=O) groups excluding carboxylic acids is 1. The maximum atomic E-state index is 11.6. The van der Waals surface area contributed by atoms with Crippen molar-refractivity contribution in [1.82, 2.24) is 0 Å². The second-order valence-electron chi connectivity index (χ2n) is 5.40. The van der Waals surface area contributed by atoms with Gasteiger partial charge in [-0.2, -0.15) is 0 Å². The Labute approximate surface area is 131 Å². The number of benzene rings is 2. The highest BCUT2D eigenvalue weighted by Gasteiger charge is 2.03. The summed E-state index contributed by atoms with van der Waals surface area (Å²) in [6, 6.07) is 15.2. The highest BCUT2D eigenvalue weighted by atomic mass is 16.5. The van der Waals surface area contributed by atoms with Crippen molar-refractivity contribution in [3.63, 3.8) is 0 Å². The second-order valence-corrected chi connectivity index (χ2v) is 5.40. The van der Waals surface area contributed by atoms with Gasteiger partial charge < -0.3 is 9.47 Å². The van der Waals surface area contributed by atoms with Crippen LogP contribution in [0, 0.1) is 0 Å². The minimum atomic E-state index is 0.146. The Morgan fingerprint density at radius 3 is 2.09 bits per heavy atom. The zero-order chi connectivity index (χ0) is 15.9. The van der Waals surface area contributed by atoms with Crippen molar-refractivity contribution in [3.05, 3.63) is 59.7 Å². The zero-order valence-corrected chi connectivity index (χ0v) is 13.3. The van der Waals surface area contributed by atoms with E-state index in [1.807, 2.05) is 57.2 Å². The Balaban J connectivity index is 1.91. The van der Waals surface area contributed by atoms with E-state index in [2.05, 4.69) is 0 Å². The molecule has 3 nitrogen and oxygen atoms in total. The molecule has 0 saturated carbocycles. The second kappa shape index (κ2) is 7.64. The van der Waals surface area contributed by atoms with Crippen molar-refractivity contribution in [2.24, 2.45) is 0 Å². The van der Waals surface area contributed by atoms with Gasteiger partial charge in [-0.05, 0) is 55.8 Å². The SMILES string of the molecule is CCC(=O)c1ccc(OCc2ccc(OC(C)C)cc2)cc1. The van der Waals surface area contributed by atoms with E-state index in [1.165, 1.54) is 0 Å². The summed E-state index contributed by atoms with van der Waals surface area (Å²) in [4.78, 5) is 11.6. The van der Waals surface area contributed by atoms with Crippen LogP contribution in [-0.4, -0.2) is 11.9 Å². The number of hydrogen-bond acceptors (Lipinski definition) is 3. The van der Waals surface area contributed by atoms with E-state index in [1.54, 1.807) is 12.1 Å². The van der Waals surface area contributed by atoms with Gasteiger partial charge in [0, 0.05) is 12.0 Å². The van der Waals surface area contributed by atoms with Crippen LogP contribution < -0.4 is 9.47 Å². The molecule has 0 heterocycles. The molecule has 0 bridgehead atoms. The average Bonchev–Trinajstić information content (AvgIpc) is 2.53. The number of rotatable bonds is 7. The third-order valence-electron chi connectivity index (χ3n) is 3.20. The first-order valence-corrected chi connectivity index (χ1v) is 7.60. The Bertz CT molecular complexity index is 598. The third-order valence-corrected chi connectivity index (χ3v) is 3.20. The zero-order valence-electron chi connectivity index (χ0n) is 13.3. The minimum Gasteiger partial charge on any atom is -0.491 e. The van der Waals surface area contributed by atoms with E-state index in [4.69, 9.17) is 9.47 Å². The number of carbonyl (C=O) groups is 1. The lowest BCUT2D eigenvalue weighted by molar-refractivity contribution is 0.0988. The average molecular weight is 298 g/mol. The van der Waals surface area contributed by atoms with Crippen molar-refractivity contribution < 1.29 is 14.3 Å². The summed E-state index contributed by atoms with van der Waals surface area (Å²) in [5.41, 5.74) is 1.80. The van der Waals surface area contributed by atoms with Gasteiger partial charge in [0.15, 0.2) is 5.78 Å². The number of hydrogen-bond donors (Lipinski definition) is 0. The molecule has 0 atom stereocenters. The first-order chi connectivity index (χ1) is 10.6. The maximum Gasteiger partial charge on any atom is 0.162 e. The van der Waals surface area contributed by atoms with Gasteiger partial charge in [-0.25, -0.2) is 0 Å². The van der Waals surface area contributed by atoms with Gasteiger partial charge in [0.1, 0.15) is 18.1 Å². The fraction of sp³-hybridized carbons (Fsp3) is 0.316. The van der Waals surface area contributed by atoms with Gasteiger partial charge in [-0.3, -0.25) is 4.79 Å². The van der Waals surface area contributed by atoms with Crippen LogP contribution >= 0.6 is 0 Å². The van der Waals surface area contributed by atoms with Crippen LogP contribution in [0.2, 0.25) is 0 Å². The molecule has 0 spiro atoms. The fourth-order valence-electron chi connectivity index (χ4n) is 2.04. The minimum absolute atomic E-state index is 0.146. The topological polar surface area (TPSA) is 35.5 Å². The van der Waals surface area contributed by atoms with Crippen molar-refractivity contribution in [2.75, 3.05) is 0 Å². The largest absolute Gasteiger partial charge is 0.491 e. The van der Waals surface area contributed by atoms with Gasteiger partial charge in [0.05, 0.1) is 6.10 Å². The molecule has 0 saturated heterocycles. The number of ether oxygens (including phenoxy) is 2. The van der Waals surface area contributed by atoms with E-state index < -0.39 is 0 Å². The molecule has 0 aliphatic heterocycles. The molecular weight excluding hydrogens is 276 g/mol. The van der Waals surface area contributed by atoms with Crippen LogP contribution in [0.5, 0.6) is 11.5 Å². The van der Waals surface area contributed by atoms with E-state index in [0.717, 1.165) is 22.6 Å². The highest BCUT2D eigenvalue weighted by molar-refractivity contribution is 5.95. The molecule has 3 heteroatoms. The molecule has 0 amide bonds. The van der Waals surface area contributed by atoms with Gasteiger partial charge in [-0.1, -0.05) is 19.1 Å². The van der Waals surface area contributed by atoms with E-state index >= 15 is 0 Å². The van der Waals surface area contributed by atoms with Crippen molar-refractivity contribution >= 4 is 5.78 Å². The highest BCUT2D eigenvalue weighted by Crippen LogP contribution is 2.17. The summed E-state index contributed by atoms with van der Waals surface area (Å²) < 4.78 is 11.3. The standard InChI is InChI=1S/C19H22O3/c1-4-19(20)16-7-11-17(12-8-16)21-13-15-5-9-18(10-6-15)22-14(2)3/h5-12,14H,4,13H2,1-3H3. The lowest BCUT2D eigenvalue weighted by Crippen LogP contribution is -2.05. The van der Waals surface area contributed by atoms with Crippen LogP contribution in [0.4, 0.5) is 0 Å². The molecule has 0 fully saturated rings. The quantitative estimate of drug-likeness (QED) is 0.698. The number of Topliss-reactive ketones (excluding diaryl/α,β-unsaturated/α-hetero) is 1. The van der Waals surface area contributed by atoms with Crippen LogP contribution in [0.3, 0.4) is 0 Å². The summed E-state index contributed by atoms with van der Waals surface area (Å²) >= 11 is 0. The van der Waals surface area contributed by atoms with Crippen LogP contribution in [-0.2, 0) is 6.61 Å². The molecule has 2 aromatic rings. The predicted molar refractivity (Wildman–Crippen MR) is 87.6 cm³/mol. The van der Waals surface area contributed by atoms with Gasteiger partial charge in [0.2, 0.25) is 0 Å². The van der Waals surface area contributed by atoms with Crippen LogP contribution in [0.25, 0.3) is 0 Å². The Morgan fingerprint density at radius 1 is 0.955 bits per heavy atom. The number of ketones is 1. The van der Waals surface area contributed by atoms with E-state index in [9.17, 15) is 4.79 Å². The van der Waals surface area contributed by atoms with Crippen molar-refractivity contribution in [1.29, 1.82) is 0 Å². The molecule has 2 rings (SSSR count). The van der Waals surface area contributed by atoms with E-state index in [-0.39, 0.29) is 11.9 Å². The molecule has 22 heavy (non-hydrogen) atoms. The third kappa shape index (κ3) is 4.62. The molecule has 0 aliphatic carbocycles. The van der Waals surface area contributed by atoms with Gasteiger partial charge >= 0.3 is 0 Å². The lowest BCUT2D eigenvalue weighted by Gasteiger charge is -2.11. The van der Waals surface area contributed by atoms with Crippen molar-refractivity contribution in [2.45, 2.75) is 39.9 Å². The van der Waals surface area contributed by atoms with Gasteiger partial charge in [0.25, 0.3) is 0 Å². The Hall–Kier alpha value is -2.29. The smallest absolute Gasteiger partial charge is 0.162 e. The summed E-state index contributed by atoms with van der Waals surface area (Å²) in [5, 5.41) is 0. The molecular formula is C19H22O3. The summed E-state index contributed by atoms with van der Waals surface area (Å²) in [6.07, 6.45) is 0.691. The molecule has 0 aliphatic rings. The van der Waals surface area contributed by atoms with Gasteiger partial charge in [-0.15, -0.1) is 0 Å². The molecule has 0 aromatic heterocycles. The van der Waals surface area contributed by atoms with Crippen LogP contribution in [0.15, 0.2) is 48.5 Å². The Kier molecular flexibility index (Phi) is 5.59. The van der Waals surface area contributed by atoms with Crippen LogP contribution in [0.1, 0.15) is 43.1 Å². The Morgan fingerprint density at radius 2 is 1.55 bits per heavy atom. The van der Waals surface area contributed by atoms with E-state index in [0.29, 0.717) is 13.0 Å². The molecule has 0 N–H and O–H groups in total. The lowest BCUT2D eigenvalue weighted by atomic mass is 10.1. The van der Waals surface area contributed by atoms with Crippen molar-refractivity contribution in [3.8, 4) is 11.5 Å². The predicted octanol–water partition coefficient (Wildman–Crippen LogP) is 4.65. The molecule has 0 unspecified atom stereocenters. The molecule has 116 valence electrons. The maximum absolute atomic E-state index is 11.6. The molecule has 0 radical (unpaired) electrons. The monoisotopic (exact) mass is 298 g/mol. The summed E-state index contributed by atoms with van der Waals surface area (Å²) in [5.74, 6) is 1.77. The first-order valence-electron chi connectivity index (χ1n) is 7.60. The molecule has 2 aromatic carbocycles.